The summed E-state index contributed by atoms with van der Waals surface area (Å²) < 4.78 is 1.50. The van der Waals surface area contributed by atoms with E-state index in [2.05, 4.69) is 16.5 Å². The van der Waals surface area contributed by atoms with Crippen molar-refractivity contribution in [1.82, 2.24) is 9.78 Å². The lowest BCUT2D eigenvalue weighted by Crippen LogP contribution is -2.16. The molecule has 0 unspecified atom stereocenters. The monoisotopic (exact) mass is 270 g/mol. The van der Waals surface area contributed by atoms with Crippen molar-refractivity contribution in [2.45, 2.75) is 25.7 Å². The molecular weight excluding hydrogens is 252 g/mol. The molecule has 0 atom stereocenters. The number of anilines is 2. The predicted molar refractivity (Wildman–Crippen MR) is 78.7 cm³/mol. The van der Waals surface area contributed by atoms with E-state index >= 15 is 0 Å². The Balaban J connectivity index is 1.88. The second kappa shape index (κ2) is 5.00. The van der Waals surface area contributed by atoms with Crippen LogP contribution in [-0.4, -0.2) is 15.7 Å². The second-order valence-corrected chi connectivity index (χ2v) is 5.17. The smallest absolute Gasteiger partial charge is 0.261 e. The van der Waals surface area contributed by atoms with Crippen LogP contribution in [0.15, 0.2) is 24.4 Å². The van der Waals surface area contributed by atoms with Crippen molar-refractivity contribution < 1.29 is 4.79 Å². The van der Waals surface area contributed by atoms with Crippen molar-refractivity contribution in [3.8, 4) is 0 Å². The van der Waals surface area contributed by atoms with Crippen LogP contribution >= 0.6 is 0 Å². The summed E-state index contributed by atoms with van der Waals surface area (Å²) in [7, 11) is 1.72. The highest BCUT2D eigenvalue weighted by Gasteiger charge is 2.17. The molecule has 0 saturated heterocycles. The Morgan fingerprint density at radius 1 is 1.35 bits per heavy atom. The summed E-state index contributed by atoms with van der Waals surface area (Å²) in [6, 6.07) is 6.09. The minimum atomic E-state index is -0.199. The largest absolute Gasteiger partial charge is 0.383 e. The molecular formula is C15H18N4O. The number of amides is 1. The van der Waals surface area contributed by atoms with Gasteiger partial charge in [0.05, 0.1) is 6.20 Å². The first-order valence-corrected chi connectivity index (χ1v) is 6.86. The molecule has 3 rings (SSSR count). The number of carbonyl (C=O) groups is 1. The van der Waals surface area contributed by atoms with Crippen molar-refractivity contribution in [3.05, 3.63) is 41.1 Å². The van der Waals surface area contributed by atoms with E-state index in [9.17, 15) is 4.79 Å². The lowest BCUT2D eigenvalue weighted by molar-refractivity contribution is 0.102. The van der Waals surface area contributed by atoms with Crippen LogP contribution in [-0.2, 0) is 19.9 Å². The van der Waals surface area contributed by atoms with E-state index in [0.29, 0.717) is 11.4 Å². The van der Waals surface area contributed by atoms with Gasteiger partial charge >= 0.3 is 0 Å². The van der Waals surface area contributed by atoms with Crippen molar-refractivity contribution in [3.63, 3.8) is 0 Å². The molecule has 20 heavy (non-hydrogen) atoms. The highest BCUT2D eigenvalue weighted by atomic mass is 16.1. The van der Waals surface area contributed by atoms with Crippen LogP contribution in [0.3, 0.4) is 0 Å². The van der Waals surface area contributed by atoms with Gasteiger partial charge in [0.15, 0.2) is 0 Å². The van der Waals surface area contributed by atoms with E-state index in [1.54, 1.807) is 7.05 Å². The van der Waals surface area contributed by atoms with Crippen molar-refractivity contribution in [1.29, 1.82) is 0 Å². The van der Waals surface area contributed by atoms with E-state index < -0.39 is 0 Å². The van der Waals surface area contributed by atoms with Crippen LogP contribution in [0.1, 0.15) is 34.3 Å². The van der Waals surface area contributed by atoms with Gasteiger partial charge in [-0.15, -0.1) is 0 Å². The molecule has 3 N–H and O–H groups in total. The Labute approximate surface area is 117 Å². The van der Waals surface area contributed by atoms with Crippen molar-refractivity contribution in [2.75, 3.05) is 11.1 Å². The van der Waals surface area contributed by atoms with Gasteiger partial charge in [-0.3, -0.25) is 9.48 Å². The zero-order valence-electron chi connectivity index (χ0n) is 11.5. The van der Waals surface area contributed by atoms with E-state index in [4.69, 9.17) is 5.73 Å². The Morgan fingerprint density at radius 2 is 2.15 bits per heavy atom. The summed E-state index contributed by atoms with van der Waals surface area (Å²) in [5.41, 5.74) is 9.75. The normalized spacial score (nSPS) is 13.8. The molecule has 1 aromatic carbocycles. The summed E-state index contributed by atoms with van der Waals surface area (Å²) in [4.78, 5) is 12.3. The molecule has 5 heteroatoms. The Hall–Kier alpha value is -2.30. The third-order valence-corrected chi connectivity index (χ3v) is 3.87. The molecule has 1 heterocycles. The fourth-order valence-electron chi connectivity index (χ4n) is 2.71. The number of hydrogen-bond donors (Lipinski definition) is 2. The molecule has 2 aromatic rings. The van der Waals surface area contributed by atoms with E-state index in [1.807, 2.05) is 12.1 Å². The Morgan fingerprint density at radius 3 is 2.90 bits per heavy atom. The van der Waals surface area contributed by atoms with Gasteiger partial charge in [-0.25, -0.2) is 0 Å². The maximum atomic E-state index is 12.3. The van der Waals surface area contributed by atoms with Gasteiger partial charge in [0, 0.05) is 12.7 Å². The number of hydrogen-bond acceptors (Lipinski definition) is 3. The first-order chi connectivity index (χ1) is 9.66. The van der Waals surface area contributed by atoms with Gasteiger partial charge in [0.2, 0.25) is 0 Å². The second-order valence-electron chi connectivity index (χ2n) is 5.17. The number of nitrogens with zero attached hydrogens (tertiary/aromatic N) is 2. The zero-order chi connectivity index (χ0) is 14.1. The molecule has 5 nitrogen and oxygen atoms in total. The molecule has 1 aromatic heterocycles. The molecule has 0 spiro atoms. The van der Waals surface area contributed by atoms with Crippen LogP contribution in [0.5, 0.6) is 0 Å². The number of aromatic nitrogens is 2. The molecule has 0 aliphatic heterocycles. The van der Waals surface area contributed by atoms with E-state index in [-0.39, 0.29) is 5.91 Å². The van der Waals surface area contributed by atoms with Crippen molar-refractivity contribution >= 4 is 17.4 Å². The van der Waals surface area contributed by atoms with Crippen LogP contribution in [0, 0.1) is 0 Å². The summed E-state index contributed by atoms with van der Waals surface area (Å²) in [6.07, 6.45) is 6.01. The fourth-order valence-corrected chi connectivity index (χ4v) is 2.71. The number of nitrogens with two attached hydrogens (primary N) is 1. The zero-order valence-corrected chi connectivity index (χ0v) is 11.5. The molecule has 1 amide bonds. The molecule has 0 saturated carbocycles. The fraction of sp³-hybridized carbons (Fsp3) is 0.333. The summed E-state index contributed by atoms with van der Waals surface area (Å²) in [5.74, 6) is 0.182. The molecule has 1 aliphatic rings. The Bertz CT molecular complexity index is 660. The first kappa shape index (κ1) is 12.7. The highest BCUT2D eigenvalue weighted by molar-refractivity contribution is 6.07. The minimum Gasteiger partial charge on any atom is -0.383 e. The van der Waals surface area contributed by atoms with Crippen LogP contribution in [0.2, 0.25) is 0 Å². The number of nitrogens with one attached hydrogen (secondary N) is 1. The van der Waals surface area contributed by atoms with Gasteiger partial charge in [-0.05, 0) is 42.9 Å². The SMILES string of the molecule is Cn1ncc(C(=O)Nc2cccc3c2CCCC3)c1N. The lowest BCUT2D eigenvalue weighted by atomic mass is 9.90. The minimum absolute atomic E-state index is 0.199. The number of benzene rings is 1. The third kappa shape index (κ3) is 2.15. The van der Waals surface area contributed by atoms with Gasteiger partial charge in [0.1, 0.15) is 11.4 Å². The number of aryl methyl sites for hydroxylation is 2. The van der Waals surface area contributed by atoms with Crippen LogP contribution < -0.4 is 11.1 Å². The van der Waals surface area contributed by atoms with Gasteiger partial charge in [-0.2, -0.15) is 5.10 Å². The average molecular weight is 270 g/mol. The number of carbonyl (C=O) groups excluding carboxylic acids is 1. The summed E-state index contributed by atoms with van der Waals surface area (Å²) >= 11 is 0. The van der Waals surface area contributed by atoms with E-state index in [0.717, 1.165) is 18.5 Å². The maximum Gasteiger partial charge on any atom is 0.261 e. The summed E-state index contributed by atoms with van der Waals surface area (Å²) in [6.45, 7) is 0. The quantitative estimate of drug-likeness (QED) is 0.878. The number of nitrogen functional groups attached to an aromatic ring is 1. The third-order valence-electron chi connectivity index (χ3n) is 3.87. The first-order valence-electron chi connectivity index (χ1n) is 6.86. The van der Waals surface area contributed by atoms with Gasteiger partial charge in [-0.1, -0.05) is 12.1 Å². The molecule has 0 radical (unpaired) electrons. The molecule has 104 valence electrons. The highest BCUT2D eigenvalue weighted by Crippen LogP contribution is 2.28. The maximum absolute atomic E-state index is 12.3. The average Bonchev–Trinajstić information content (AvgIpc) is 2.79. The molecule has 1 aliphatic carbocycles. The molecule has 0 fully saturated rings. The molecule has 0 bridgehead atoms. The Kier molecular flexibility index (Phi) is 3.18. The van der Waals surface area contributed by atoms with Crippen LogP contribution in [0.4, 0.5) is 11.5 Å². The van der Waals surface area contributed by atoms with Crippen molar-refractivity contribution in [2.24, 2.45) is 7.05 Å². The predicted octanol–water partition coefficient (Wildman–Crippen LogP) is 2.13. The lowest BCUT2D eigenvalue weighted by Gasteiger charge is -2.19. The van der Waals surface area contributed by atoms with E-state index in [1.165, 1.54) is 34.8 Å². The number of rotatable bonds is 2. The number of fused-ring (bicyclic) bond motifs is 1. The topological polar surface area (TPSA) is 72.9 Å². The standard InChI is InChI=1S/C15H18N4O/c1-19-14(16)12(9-17-19)15(20)18-13-8-4-6-10-5-2-3-7-11(10)13/h4,6,8-9H,2-3,5,7,16H2,1H3,(H,18,20). The van der Waals surface area contributed by atoms with Crippen LogP contribution in [0.25, 0.3) is 0 Å². The van der Waals surface area contributed by atoms with Gasteiger partial charge in [0.25, 0.3) is 5.91 Å². The summed E-state index contributed by atoms with van der Waals surface area (Å²) in [5, 5.41) is 6.97. The van der Waals surface area contributed by atoms with Gasteiger partial charge < -0.3 is 11.1 Å².